The highest BCUT2D eigenvalue weighted by atomic mass is 79.9. The molecule has 0 heterocycles. The van der Waals surface area contributed by atoms with Crippen molar-refractivity contribution in [3.63, 3.8) is 0 Å². The van der Waals surface area contributed by atoms with Gasteiger partial charge in [0.25, 0.3) is 0 Å². The zero-order valence-electron chi connectivity index (χ0n) is 19.0. The van der Waals surface area contributed by atoms with Crippen LogP contribution >= 0.6 is 15.9 Å². The molecule has 7 heteroatoms. The van der Waals surface area contributed by atoms with Crippen LogP contribution in [0.5, 0.6) is 23.0 Å². The number of amides is 1. The van der Waals surface area contributed by atoms with Crippen LogP contribution in [-0.4, -0.2) is 33.8 Å². The minimum Gasteiger partial charge on any atom is -0.493 e. The van der Waals surface area contributed by atoms with E-state index < -0.39 is 0 Å². The molecule has 3 aromatic carbocycles. The molecular weight excluding hydrogens is 486 g/mol. The number of nitrogens with one attached hydrogen (secondary N) is 1. The zero-order valence-corrected chi connectivity index (χ0v) is 20.6. The average molecular weight is 514 g/mol. The monoisotopic (exact) mass is 513 g/mol. The van der Waals surface area contributed by atoms with Crippen molar-refractivity contribution in [3.8, 4) is 23.0 Å². The third-order valence-electron chi connectivity index (χ3n) is 5.06. The summed E-state index contributed by atoms with van der Waals surface area (Å²) in [4.78, 5) is 12.4. The molecule has 174 valence electrons. The van der Waals surface area contributed by atoms with E-state index in [2.05, 4.69) is 21.2 Å². The van der Waals surface area contributed by atoms with Crippen LogP contribution in [0.3, 0.4) is 0 Å². The maximum absolute atomic E-state index is 12.4. The third-order valence-corrected chi connectivity index (χ3v) is 5.65. The van der Waals surface area contributed by atoms with Crippen LogP contribution in [0, 0.1) is 0 Å². The molecule has 0 aliphatic rings. The second-order valence-corrected chi connectivity index (χ2v) is 8.20. The van der Waals surface area contributed by atoms with E-state index in [1.165, 1.54) is 0 Å². The average Bonchev–Trinajstić information content (AvgIpc) is 2.83. The quantitative estimate of drug-likeness (QED) is 0.392. The van der Waals surface area contributed by atoms with Gasteiger partial charge in [-0.3, -0.25) is 4.79 Å². The molecular formula is C26H28BrNO5. The van der Waals surface area contributed by atoms with Crippen molar-refractivity contribution >= 4 is 21.8 Å². The number of rotatable bonds is 11. The number of hydrogen-bond donors (Lipinski definition) is 1. The Morgan fingerprint density at radius 1 is 0.818 bits per heavy atom. The Morgan fingerprint density at radius 3 is 2.24 bits per heavy atom. The van der Waals surface area contributed by atoms with Crippen molar-refractivity contribution in [2.75, 3.05) is 27.9 Å². The van der Waals surface area contributed by atoms with Crippen molar-refractivity contribution in [2.45, 2.75) is 19.4 Å². The maximum atomic E-state index is 12.4. The number of carbonyl (C=O) groups excluding carboxylic acids is 1. The molecule has 0 aliphatic heterocycles. The first-order valence-electron chi connectivity index (χ1n) is 10.5. The molecule has 33 heavy (non-hydrogen) atoms. The van der Waals surface area contributed by atoms with E-state index in [0.29, 0.717) is 42.6 Å². The van der Waals surface area contributed by atoms with Gasteiger partial charge in [-0.1, -0.05) is 36.4 Å². The van der Waals surface area contributed by atoms with Gasteiger partial charge in [-0.15, -0.1) is 0 Å². The van der Waals surface area contributed by atoms with Gasteiger partial charge < -0.3 is 24.3 Å². The third kappa shape index (κ3) is 6.89. The Hall–Kier alpha value is -3.19. The van der Waals surface area contributed by atoms with Gasteiger partial charge in [-0.05, 0) is 63.3 Å². The zero-order chi connectivity index (χ0) is 23.6. The minimum absolute atomic E-state index is 0.0658. The molecule has 0 saturated heterocycles. The molecule has 0 fully saturated rings. The summed E-state index contributed by atoms with van der Waals surface area (Å²) in [6.07, 6.45) is 0.922. The summed E-state index contributed by atoms with van der Waals surface area (Å²) >= 11 is 3.46. The highest BCUT2D eigenvalue weighted by Crippen LogP contribution is 2.36. The van der Waals surface area contributed by atoms with Crippen LogP contribution in [0.4, 0.5) is 0 Å². The summed E-state index contributed by atoms with van der Waals surface area (Å²) < 4.78 is 22.8. The van der Waals surface area contributed by atoms with E-state index in [1.807, 2.05) is 60.7 Å². The number of hydrogen-bond acceptors (Lipinski definition) is 5. The van der Waals surface area contributed by atoms with Crippen LogP contribution in [0.25, 0.3) is 0 Å². The smallest absolute Gasteiger partial charge is 0.224 e. The summed E-state index contributed by atoms with van der Waals surface area (Å²) in [6, 6.07) is 19.5. The SMILES string of the molecule is COc1cc(CCNC(=O)Cc2cc(Br)c(OC)c(OC)c2)ccc1OCc1ccccc1. The van der Waals surface area contributed by atoms with Crippen molar-refractivity contribution in [3.05, 3.63) is 81.8 Å². The standard InChI is InChI=1S/C26H28BrNO5/c1-30-23-14-18(9-10-22(23)33-17-19-7-5-4-6-8-19)11-12-28-25(29)16-20-13-21(27)26(32-3)24(15-20)31-2/h4-10,13-15H,11-12,16-17H2,1-3H3,(H,28,29). The summed E-state index contributed by atoms with van der Waals surface area (Å²) in [5.74, 6) is 2.48. The van der Waals surface area contributed by atoms with Gasteiger partial charge in [0.15, 0.2) is 23.0 Å². The highest BCUT2D eigenvalue weighted by Gasteiger charge is 2.13. The molecule has 0 saturated carbocycles. The van der Waals surface area contributed by atoms with Crippen molar-refractivity contribution < 1.29 is 23.7 Å². The van der Waals surface area contributed by atoms with Crippen LogP contribution in [0.15, 0.2) is 65.1 Å². The van der Waals surface area contributed by atoms with Crippen molar-refractivity contribution in [1.82, 2.24) is 5.32 Å². The fourth-order valence-corrected chi connectivity index (χ4v) is 4.04. The molecule has 0 bridgehead atoms. The number of methoxy groups -OCH3 is 3. The molecule has 1 N–H and O–H groups in total. The van der Waals surface area contributed by atoms with Gasteiger partial charge in [0.2, 0.25) is 5.91 Å². The first-order chi connectivity index (χ1) is 16.0. The van der Waals surface area contributed by atoms with E-state index in [4.69, 9.17) is 18.9 Å². The van der Waals surface area contributed by atoms with Gasteiger partial charge in [0, 0.05) is 6.54 Å². The first-order valence-corrected chi connectivity index (χ1v) is 11.3. The fourth-order valence-electron chi connectivity index (χ4n) is 3.39. The normalized spacial score (nSPS) is 10.4. The molecule has 0 atom stereocenters. The Kier molecular flexibility index (Phi) is 9.01. The lowest BCUT2D eigenvalue weighted by Crippen LogP contribution is -2.27. The lowest BCUT2D eigenvalue weighted by Gasteiger charge is -2.13. The van der Waals surface area contributed by atoms with Crippen LogP contribution in [0.2, 0.25) is 0 Å². The Morgan fingerprint density at radius 2 is 1.55 bits per heavy atom. The second kappa shape index (κ2) is 12.2. The lowest BCUT2D eigenvalue weighted by molar-refractivity contribution is -0.120. The molecule has 0 radical (unpaired) electrons. The van der Waals surface area contributed by atoms with Crippen LogP contribution in [-0.2, 0) is 24.2 Å². The van der Waals surface area contributed by atoms with Gasteiger partial charge in [0.05, 0.1) is 32.2 Å². The van der Waals surface area contributed by atoms with E-state index in [0.717, 1.165) is 21.2 Å². The number of halogens is 1. The number of carbonyl (C=O) groups is 1. The fraction of sp³-hybridized carbons (Fsp3) is 0.269. The predicted octanol–water partition coefficient (Wildman–Crippen LogP) is 4.96. The summed E-state index contributed by atoms with van der Waals surface area (Å²) in [7, 11) is 4.77. The summed E-state index contributed by atoms with van der Waals surface area (Å²) in [6.45, 7) is 0.986. The molecule has 0 aliphatic carbocycles. The van der Waals surface area contributed by atoms with Crippen molar-refractivity contribution in [1.29, 1.82) is 0 Å². The van der Waals surface area contributed by atoms with Gasteiger partial charge >= 0.3 is 0 Å². The van der Waals surface area contributed by atoms with Gasteiger partial charge in [0.1, 0.15) is 6.61 Å². The molecule has 3 aromatic rings. The largest absolute Gasteiger partial charge is 0.493 e. The van der Waals surface area contributed by atoms with E-state index >= 15 is 0 Å². The molecule has 3 rings (SSSR count). The van der Waals surface area contributed by atoms with E-state index in [-0.39, 0.29) is 12.3 Å². The molecule has 6 nitrogen and oxygen atoms in total. The second-order valence-electron chi connectivity index (χ2n) is 7.35. The van der Waals surface area contributed by atoms with Gasteiger partial charge in [-0.2, -0.15) is 0 Å². The molecule has 1 amide bonds. The summed E-state index contributed by atoms with van der Waals surface area (Å²) in [5.41, 5.74) is 2.97. The van der Waals surface area contributed by atoms with Gasteiger partial charge in [-0.25, -0.2) is 0 Å². The molecule has 0 unspecified atom stereocenters. The maximum Gasteiger partial charge on any atom is 0.224 e. The van der Waals surface area contributed by atoms with Crippen molar-refractivity contribution in [2.24, 2.45) is 0 Å². The first kappa shape index (κ1) is 24.5. The van der Waals surface area contributed by atoms with Crippen LogP contribution in [0.1, 0.15) is 16.7 Å². The van der Waals surface area contributed by atoms with Crippen LogP contribution < -0.4 is 24.3 Å². The number of benzene rings is 3. The number of ether oxygens (including phenoxy) is 4. The topological polar surface area (TPSA) is 66.0 Å². The molecule has 0 spiro atoms. The van der Waals surface area contributed by atoms with E-state index in [1.54, 1.807) is 21.3 Å². The Labute approximate surface area is 202 Å². The highest BCUT2D eigenvalue weighted by molar-refractivity contribution is 9.10. The molecule has 0 aromatic heterocycles. The Bertz CT molecular complexity index is 1070. The minimum atomic E-state index is -0.0658. The summed E-state index contributed by atoms with van der Waals surface area (Å²) in [5, 5.41) is 2.97. The Balaban J connectivity index is 1.52. The predicted molar refractivity (Wildman–Crippen MR) is 131 cm³/mol. The lowest BCUT2D eigenvalue weighted by atomic mass is 10.1. The van der Waals surface area contributed by atoms with E-state index in [9.17, 15) is 4.79 Å².